The first-order valence-corrected chi connectivity index (χ1v) is 4.56. The van der Waals surface area contributed by atoms with Crippen molar-refractivity contribution < 1.29 is 23.0 Å². The van der Waals surface area contributed by atoms with Crippen molar-refractivity contribution >= 4 is 0 Å². The summed E-state index contributed by atoms with van der Waals surface area (Å²) in [6.45, 7) is 0.627. The first kappa shape index (κ1) is 11.7. The predicted molar refractivity (Wildman–Crippen MR) is 43.9 cm³/mol. The van der Waals surface area contributed by atoms with Gasteiger partial charge in [0, 0.05) is 19.2 Å². The molecule has 0 saturated carbocycles. The molecule has 0 bridgehead atoms. The molecule has 0 amide bonds. The van der Waals surface area contributed by atoms with Crippen LogP contribution in [0.5, 0.6) is 0 Å². The first-order chi connectivity index (χ1) is 6.50. The van der Waals surface area contributed by atoms with Crippen molar-refractivity contribution in [1.82, 2.24) is 5.32 Å². The zero-order chi connectivity index (χ0) is 10.6. The lowest BCUT2D eigenvalue weighted by Gasteiger charge is -2.25. The highest BCUT2D eigenvalue weighted by Gasteiger charge is 2.38. The molecule has 1 aliphatic rings. The number of hydrogen-bond donors (Lipinski definition) is 2. The third kappa shape index (κ3) is 3.81. The molecule has 6 heteroatoms. The van der Waals surface area contributed by atoms with Crippen LogP contribution in [-0.2, 0) is 4.74 Å². The number of ether oxygens (including phenoxy) is 1. The van der Waals surface area contributed by atoms with Gasteiger partial charge in [-0.25, -0.2) is 0 Å². The Morgan fingerprint density at radius 2 is 2.21 bits per heavy atom. The summed E-state index contributed by atoms with van der Waals surface area (Å²) in [6.07, 6.45) is -5.18. The molecule has 2 atom stereocenters. The van der Waals surface area contributed by atoms with Crippen molar-refractivity contribution in [3.63, 3.8) is 0 Å². The van der Waals surface area contributed by atoms with Crippen molar-refractivity contribution in [2.75, 3.05) is 19.8 Å². The quantitative estimate of drug-likeness (QED) is 0.724. The average molecular weight is 213 g/mol. The maximum absolute atomic E-state index is 11.9. The van der Waals surface area contributed by atoms with Gasteiger partial charge in [0.05, 0.1) is 6.61 Å². The third-order valence-electron chi connectivity index (χ3n) is 2.14. The van der Waals surface area contributed by atoms with Gasteiger partial charge < -0.3 is 15.2 Å². The molecule has 0 aromatic heterocycles. The highest BCUT2D eigenvalue weighted by atomic mass is 19.4. The lowest BCUT2D eigenvalue weighted by Crippen LogP contribution is -2.45. The van der Waals surface area contributed by atoms with Crippen LogP contribution in [-0.4, -0.2) is 43.2 Å². The van der Waals surface area contributed by atoms with Crippen LogP contribution in [0.3, 0.4) is 0 Å². The van der Waals surface area contributed by atoms with E-state index in [1.54, 1.807) is 0 Å². The number of aliphatic hydroxyl groups excluding tert-OH is 1. The zero-order valence-electron chi connectivity index (χ0n) is 7.68. The predicted octanol–water partition coefficient (Wildman–Crippen LogP) is 0.678. The van der Waals surface area contributed by atoms with Crippen molar-refractivity contribution in [1.29, 1.82) is 0 Å². The zero-order valence-corrected chi connectivity index (χ0v) is 7.68. The van der Waals surface area contributed by atoms with E-state index in [0.717, 1.165) is 12.8 Å². The Bertz CT molecular complexity index is 168. The summed E-state index contributed by atoms with van der Waals surface area (Å²) in [6, 6.07) is -0.0688. The molecular formula is C8H14F3NO2. The minimum atomic E-state index is -4.54. The van der Waals surface area contributed by atoms with Gasteiger partial charge >= 0.3 is 6.18 Å². The molecule has 14 heavy (non-hydrogen) atoms. The van der Waals surface area contributed by atoms with Crippen LogP contribution in [0.25, 0.3) is 0 Å². The number of aliphatic hydroxyl groups is 1. The Morgan fingerprint density at radius 3 is 2.71 bits per heavy atom. The van der Waals surface area contributed by atoms with Gasteiger partial charge in [0.1, 0.15) is 0 Å². The van der Waals surface area contributed by atoms with E-state index in [1.807, 2.05) is 0 Å². The molecule has 1 rings (SSSR count). The molecule has 0 radical (unpaired) electrons. The standard InChI is InChI=1S/C8H14F3NO2/c9-8(10,11)7(13)4-12-6-2-1-3-14-5-6/h6-7,12-13H,1-5H2. The van der Waals surface area contributed by atoms with E-state index in [2.05, 4.69) is 5.32 Å². The maximum Gasteiger partial charge on any atom is 0.415 e. The van der Waals surface area contributed by atoms with Gasteiger partial charge in [-0.05, 0) is 12.8 Å². The number of nitrogens with one attached hydrogen (secondary N) is 1. The number of hydrogen-bond acceptors (Lipinski definition) is 3. The van der Waals surface area contributed by atoms with Gasteiger partial charge in [-0.1, -0.05) is 0 Å². The summed E-state index contributed by atoms with van der Waals surface area (Å²) in [7, 11) is 0. The topological polar surface area (TPSA) is 41.5 Å². The highest BCUT2D eigenvalue weighted by Crippen LogP contribution is 2.19. The molecule has 1 fully saturated rings. The van der Waals surface area contributed by atoms with Gasteiger partial charge in [-0.15, -0.1) is 0 Å². The van der Waals surface area contributed by atoms with Crippen LogP contribution in [0, 0.1) is 0 Å². The van der Waals surface area contributed by atoms with E-state index in [9.17, 15) is 13.2 Å². The Balaban J connectivity index is 2.19. The van der Waals surface area contributed by atoms with Crippen molar-refractivity contribution in [3.8, 4) is 0 Å². The summed E-state index contributed by atoms with van der Waals surface area (Å²) in [5, 5.41) is 11.3. The fraction of sp³-hybridized carbons (Fsp3) is 1.00. The molecule has 3 nitrogen and oxygen atoms in total. The second-order valence-corrected chi connectivity index (χ2v) is 3.38. The normalized spacial score (nSPS) is 26.1. The molecule has 0 aromatic carbocycles. The van der Waals surface area contributed by atoms with Gasteiger partial charge in [0.15, 0.2) is 6.10 Å². The molecular weight excluding hydrogens is 199 g/mol. The van der Waals surface area contributed by atoms with E-state index >= 15 is 0 Å². The summed E-state index contributed by atoms with van der Waals surface area (Å²) < 4.78 is 40.7. The van der Waals surface area contributed by atoms with Crippen molar-refractivity contribution in [2.45, 2.75) is 31.2 Å². The van der Waals surface area contributed by atoms with Gasteiger partial charge in [-0.2, -0.15) is 13.2 Å². The number of rotatable bonds is 3. The second kappa shape index (κ2) is 4.95. The smallest absolute Gasteiger partial charge is 0.382 e. The van der Waals surface area contributed by atoms with Crippen molar-refractivity contribution in [2.24, 2.45) is 0 Å². The highest BCUT2D eigenvalue weighted by molar-refractivity contribution is 4.74. The molecule has 0 aromatic rings. The average Bonchev–Trinajstić information content (AvgIpc) is 2.14. The lowest BCUT2D eigenvalue weighted by molar-refractivity contribution is -0.202. The van der Waals surface area contributed by atoms with E-state index in [4.69, 9.17) is 9.84 Å². The Labute approximate surface area is 80.2 Å². The lowest BCUT2D eigenvalue weighted by atomic mass is 10.1. The van der Waals surface area contributed by atoms with Crippen molar-refractivity contribution in [3.05, 3.63) is 0 Å². The Morgan fingerprint density at radius 1 is 1.50 bits per heavy atom. The molecule has 0 aliphatic carbocycles. The summed E-state index contributed by atoms with van der Waals surface area (Å²) in [5.41, 5.74) is 0. The summed E-state index contributed by atoms with van der Waals surface area (Å²) >= 11 is 0. The van der Waals surface area contributed by atoms with E-state index in [-0.39, 0.29) is 6.04 Å². The number of alkyl halides is 3. The second-order valence-electron chi connectivity index (χ2n) is 3.38. The van der Waals surface area contributed by atoms with Crippen LogP contribution in [0.15, 0.2) is 0 Å². The third-order valence-corrected chi connectivity index (χ3v) is 2.14. The van der Waals surface area contributed by atoms with E-state index in [1.165, 1.54) is 0 Å². The molecule has 1 saturated heterocycles. The molecule has 0 spiro atoms. The first-order valence-electron chi connectivity index (χ1n) is 4.56. The van der Waals surface area contributed by atoms with Gasteiger partial charge in [0.2, 0.25) is 0 Å². The summed E-state index contributed by atoms with van der Waals surface area (Å²) in [5.74, 6) is 0. The van der Waals surface area contributed by atoms with Crippen LogP contribution in [0.4, 0.5) is 13.2 Å². The fourth-order valence-electron chi connectivity index (χ4n) is 1.30. The van der Waals surface area contributed by atoms with Gasteiger partial charge in [-0.3, -0.25) is 0 Å². The monoisotopic (exact) mass is 213 g/mol. The Kier molecular flexibility index (Phi) is 4.15. The minimum Gasteiger partial charge on any atom is -0.382 e. The Hall–Kier alpha value is -0.330. The molecule has 2 unspecified atom stereocenters. The van der Waals surface area contributed by atoms with Crippen LogP contribution >= 0.6 is 0 Å². The minimum absolute atomic E-state index is 0.0688. The SMILES string of the molecule is OC(CNC1CCCOC1)C(F)(F)F. The largest absolute Gasteiger partial charge is 0.415 e. The maximum atomic E-state index is 11.9. The fourth-order valence-corrected chi connectivity index (χ4v) is 1.30. The molecule has 2 N–H and O–H groups in total. The van der Waals surface area contributed by atoms with E-state index in [0.29, 0.717) is 13.2 Å². The van der Waals surface area contributed by atoms with Crippen LogP contribution < -0.4 is 5.32 Å². The van der Waals surface area contributed by atoms with Crippen LogP contribution in [0.2, 0.25) is 0 Å². The molecule has 1 aliphatic heterocycles. The van der Waals surface area contributed by atoms with Crippen LogP contribution in [0.1, 0.15) is 12.8 Å². The number of halogens is 3. The van der Waals surface area contributed by atoms with E-state index < -0.39 is 18.8 Å². The molecule has 84 valence electrons. The molecule has 1 heterocycles. The van der Waals surface area contributed by atoms with Gasteiger partial charge in [0.25, 0.3) is 0 Å². The summed E-state index contributed by atoms with van der Waals surface area (Å²) in [4.78, 5) is 0.